The number of hydrogen-bond acceptors (Lipinski definition) is 4. The quantitative estimate of drug-likeness (QED) is 0.454. The third kappa shape index (κ3) is 4.50. The number of ether oxygens (including phenoxy) is 3. The Kier molecular flexibility index (Phi) is 5.19. The van der Waals surface area contributed by atoms with E-state index in [0.717, 1.165) is 0 Å². The molecule has 0 unspecified atom stereocenters. The summed E-state index contributed by atoms with van der Waals surface area (Å²) < 4.78 is 15.8. The second-order valence-corrected chi connectivity index (χ2v) is 4.39. The summed E-state index contributed by atoms with van der Waals surface area (Å²) >= 11 is 3.04. The summed E-state index contributed by atoms with van der Waals surface area (Å²) in [4.78, 5) is 13.5. The molecule has 1 aliphatic heterocycles. The molecule has 1 aliphatic rings. The lowest BCUT2D eigenvalue weighted by atomic mass is 10.1. The van der Waals surface area contributed by atoms with E-state index in [4.69, 9.17) is 9.47 Å². The van der Waals surface area contributed by atoms with Crippen LogP contribution >= 0.6 is 15.9 Å². The first kappa shape index (κ1) is 14.2. The maximum absolute atomic E-state index is 10.9. The van der Waals surface area contributed by atoms with E-state index in [1.165, 1.54) is 13.2 Å². The van der Waals surface area contributed by atoms with E-state index in [1.807, 2.05) is 13.8 Å². The summed E-state index contributed by atoms with van der Waals surface area (Å²) in [7, 11) is 1.34. The molecule has 0 radical (unpaired) electrons. The van der Waals surface area contributed by atoms with Gasteiger partial charge in [-0.25, -0.2) is 4.79 Å². The van der Waals surface area contributed by atoms with E-state index in [-0.39, 0.29) is 18.2 Å². The second kappa shape index (κ2) is 6.20. The molecule has 2 atom stereocenters. The molecule has 1 saturated heterocycles. The van der Waals surface area contributed by atoms with Crippen LogP contribution in [0.5, 0.6) is 0 Å². The summed E-state index contributed by atoms with van der Waals surface area (Å²) in [5.74, 6) is 1.84. The zero-order valence-corrected chi connectivity index (χ0v) is 11.6. The summed E-state index contributed by atoms with van der Waals surface area (Å²) in [6.07, 6.45) is 3.13. The largest absolute Gasteiger partial charge is 0.466 e. The Labute approximate surface area is 109 Å². The van der Waals surface area contributed by atoms with Gasteiger partial charge in [-0.15, -0.1) is 0 Å². The van der Waals surface area contributed by atoms with Gasteiger partial charge in [0, 0.05) is 22.0 Å². The molecule has 5 heteroatoms. The molecule has 1 heterocycles. The number of halogens is 1. The number of rotatable bonds is 3. The maximum atomic E-state index is 10.9. The Bertz CT molecular complexity index is 364. The van der Waals surface area contributed by atoms with Gasteiger partial charge in [-0.2, -0.15) is 0 Å². The molecule has 94 valence electrons. The fourth-order valence-electron chi connectivity index (χ4n) is 1.55. The molecule has 4 nitrogen and oxygen atoms in total. The van der Waals surface area contributed by atoms with Crippen LogP contribution in [0.1, 0.15) is 20.3 Å². The van der Waals surface area contributed by atoms with E-state index < -0.39 is 5.79 Å². The van der Waals surface area contributed by atoms with E-state index in [9.17, 15) is 4.79 Å². The van der Waals surface area contributed by atoms with E-state index in [0.29, 0.717) is 6.42 Å². The fraction of sp³-hybridized carbons (Fsp3) is 0.583. The molecule has 0 aromatic heterocycles. The van der Waals surface area contributed by atoms with Crippen LogP contribution in [0.2, 0.25) is 0 Å². The highest BCUT2D eigenvalue weighted by Crippen LogP contribution is 2.29. The fourth-order valence-corrected chi connectivity index (χ4v) is 1.78. The summed E-state index contributed by atoms with van der Waals surface area (Å²) in [5.41, 5.74) is 0. The molecule has 0 N–H and O–H groups in total. The van der Waals surface area contributed by atoms with Crippen LogP contribution in [-0.4, -0.2) is 31.1 Å². The Hall–Kier alpha value is -0.830. The zero-order valence-electron chi connectivity index (χ0n) is 10.0. The lowest BCUT2D eigenvalue weighted by Crippen LogP contribution is -2.21. The molecule has 1 fully saturated rings. The van der Waals surface area contributed by atoms with Gasteiger partial charge in [0.25, 0.3) is 0 Å². The molecular formula is C12H15BrO4. The molecule has 1 rings (SSSR count). The summed E-state index contributed by atoms with van der Waals surface area (Å²) in [6.45, 7) is 3.67. The first-order valence-corrected chi connectivity index (χ1v) is 5.99. The maximum Gasteiger partial charge on any atom is 0.330 e. The van der Waals surface area contributed by atoms with Crippen LogP contribution in [0.3, 0.4) is 0 Å². The minimum Gasteiger partial charge on any atom is -0.466 e. The highest BCUT2D eigenvalue weighted by molar-refractivity contribution is 9.12. The number of carbonyl (C=O) groups excluding carboxylic acids is 1. The highest BCUT2D eigenvalue weighted by atomic mass is 79.9. The predicted molar refractivity (Wildman–Crippen MR) is 66.3 cm³/mol. The zero-order chi connectivity index (χ0) is 12.9. The first-order chi connectivity index (χ1) is 7.98. The molecule has 0 bridgehead atoms. The molecule has 0 aliphatic carbocycles. The lowest BCUT2D eigenvalue weighted by Gasteiger charge is -2.15. The van der Waals surface area contributed by atoms with Gasteiger partial charge in [0.05, 0.1) is 7.11 Å². The van der Waals surface area contributed by atoms with Crippen molar-refractivity contribution in [2.45, 2.75) is 38.3 Å². The van der Waals surface area contributed by atoms with E-state index in [1.54, 1.807) is 6.08 Å². The van der Waals surface area contributed by atoms with Crippen molar-refractivity contribution < 1.29 is 19.0 Å². The van der Waals surface area contributed by atoms with E-state index in [2.05, 4.69) is 31.4 Å². The van der Waals surface area contributed by atoms with Crippen molar-refractivity contribution in [3.05, 3.63) is 12.2 Å². The topological polar surface area (TPSA) is 44.8 Å². The van der Waals surface area contributed by atoms with Gasteiger partial charge >= 0.3 is 5.97 Å². The molecule has 0 aromatic carbocycles. The van der Waals surface area contributed by atoms with Crippen LogP contribution in [0.4, 0.5) is 0 Å². The number of esters is 1. The van der Waals surface area contributed by atoms with Crippen molar-refractivity contribution in [2.75, 3.05) is 7.11 Å². The normalized spacial score (nSPS) is 26.6. The van der Waals surface area contributed by atoms with Gasteiger partial charge in [-0.05, 0) is 25.1 Å². The third-order valence-corrected chi connectivity index (χ3v) is 2.43. The monoisotopic (exact) mass is 302 g/mol. The highest BCUT2D eigenvalue weighted by Gasteiger charge is 2.39. The molecule has 0 saturated carbocycles. The third-order valence-electron chi connectivity index (χ3n) is 2.20. The van der Waals surface area contributed by atoms with Crippen molar-refractivity contribution in [3.8, 4) is 10.8 Å². The van der Waals surface area contributed by atoms with E-state index >= 15 is 0 Å². The summed E-state index contributed by atoms with van der Waals surface area (Å²) in [5, 5.41) is 0. The van der Waals surface area contributed by atoms with Crippen LogP contribution in [0, 0.1) is 10.8 Å². The molecule has 0 aromatic rings. The number of hydrogen-bond donors (Lipinski definition) is 0. The average molecular weight is 303 g/mol. The molecule has 0 spiro atoms. The molecule has 17 heavy (non-hydrogen) atoms. The van der Waals surface area contributed by atoms with Gasteiger partial charge in [0.1, 0.15) is 12.2 Å². The van der Waals surface area contributed by atoms with Crippen LogP contribution in [0.25, 0.3) is 0 Å². The second-order valence-electron chi connectivity index (χ2n) is 3.99. The van der Waals surface area contributed by atoms with Crippen molar-refractivity contribution in [3.63, 3.8) is 0 Å². The molecule has 0 amide bonds. The van der Waals surface area contributed by atoms with Crippen molar-refractivity contribution in [1.82, 2.24) is 0 Å². The van der Waals surface area contributed by atoms with Gasteiger partial charge < -0.3 is 14.2 Å². The lowest BCUT2D eigenvalue weighted by molar-refractivity contribution is -0.142. The van der Waals surface area contributed by atoms with Crippen LogP contribution in [0.15, 0.2) is 12.2 Å². The first-order valence-electron chi connectivity index (χ1n) is 5.20. The Morgan fingerprint density at radius 3 is 2.82 bits per heavy atom. The smallest absolute Gasteiger partial charge is 0.330 e. The Morgan fingerprint density at radius 2 is 2.24 bits per heavy atom. The standard InChI is InChI=1S/C12H15BrO4/c1-12(2)16-9(10(17-12)7-8-13)5-4-6-11(14)15-3/h4,6,9-10H,5H2,1-3H3/b6-4+/t9-,10+/m1/s1. The Morgan fingerprint density at radius 1 is 1.53 bits per heavy atom. The Balaban J connectivity index is 2.58. The van der Waals surface area contributed by atoms with Gasteiger partial charge in [-0.1, -0.05) is 12.0 Å². The van der Waals surface area contributed by atoms with Crippen molar-refractivity contribution in [2.24, 2.45) is 0 Å². The van der Waals surface area contributed by atoms with Crippen LogP contribution < -0.4 is 0 Å². The van der Waals surface area contributed by atoms with Crippen molar-refractivity contribution in [1.29, 1.82) is 0 Å². The minimum absolute atomic E-state index is 0.184. The number of carbonyl (C=O) groups is 1. The van der Waals surface area contributed by atoms with Crippen molar-refractivity contribution >= 4 is 21.9 Å². The number of methoxy groups -OCH3 is 1. The minimum atomic E-state index is -0.648. The van der Waals surface area contributed by atoms with Gasteiger partial charge in [0.2, 0.25) is 0 Å². The van der Waals surface area contributed by atoms with Gasteiger partial charge in [0.15, 0.2) is 5.79 Å². The van der Waals surface area contributed by atoms with Crippen LogP contribution in [-0.2, 0) is 19.0 Å². The predicted octanol–water partition coefficient (Wildman–Crippen LogP) is 1.98. The summed E-state index contributed by atoms with van der Waals surface area (Å²) in [6, 6.07) is 0. The SMILES string of the molecule is COC(=O)/C=C/C[C@H]1OC(C)(C)O[C@H]1C#CBr. The van der Waals surface area contributed by atoms with Gasteiger partial charge in [-0.3, -0.25) is 0 Å². The average Bonchev–Trinajstić information content (AvgIpc) is 2.54. The molecular weight excluding hydrogens is 288 g/mol.